The van der Waals surface area contributed by atoms with Gasteiger partial charge in [-0.15, -0.1) is 0 Å². The quantitative estimate of drug-likeness (QED) is 0.895. The van der Waals surface area contributed by atoms with Crippen LogP contribution in [-0.2, 0) is 10.2 Å². The first-order valence-electron chi connectivity index (χ1n) is 7.61. The third-order valence-corrected chi connectivity index (χ3v) is 4.05. The van der Waals surface area contributed by atoms with Crippen LogP contribution in [0.15, 0.2) is 24.3 Å². The number of carbonyl (C=O) groups is 2. The van der Waals surface area contributed by atoms with Crippen molar-refractivity contribution in [1.29, 1.82) is 0 Å². The van der Waals surface area contributed by atoms with Gasteiger partial charge < -0.3 is 14.9 Å². The normalized spacial score (nSPS) is 15.8. The summed E-state index contributed by atoms with van der Waals surface area (Å²) in [4.78, 5) is 27.2. The van der Waals surface area contributed by atoms with Crippen molar-refractivity contribution in [3.8, 4) is 0 Å². The molecule has 1 heterocycles. The molecular weight excluding hydrogens is 280 g/mol. The fourth-order valence-corrected chi connectivity index (χ4v) is 2.55. The van der Waals surface area contributed by atoms with Crippen molar-refractivity contribution >= 4 is 11.8 Å². The summed E-state index contributed by atoms with van der Waals surface area (Å²) in [5.41, 5.74) is 1.94. The standard InChI is InChI=1S/C17H24N2O3/c1-17(2,3)14-6-4-13(5-7-14)16(22)19-10-8-18(9-11-19)15(21)12-20/h4-7,20H,8-12H2,1-3H3. The predicted molar refractivity (Wildman–Crippen MR) is 84.7 cm³/mol. The van der Waals surface area contributed by atoms with Crippen LogP contribution >= 0.6 is 0 Å². The molecule has 0 unspecified atom stereocenters. The van der Waals surface area contributed by atoms with Crippen molar-refractivity contribution in [3.63, 3.8) is 0 Å². The summed E-state index contributed by atoms with van der Waals surface area (Å²) in [5, 5.41) is 8.86. The highest BCUT2D eigenvalue weighted by atomic mass is 16.3. The molecule has 2 amide bonds. The summed E-state index contributed by atoms with van der Waals surface area (Å²) >= 11 is 0. The fraction of sp³-hybridized carbons (Fsp3) is 0.529. The lowest BCUT2D eigenvalue weighted by molar-refractivity contribution is -0.135. The Hall–Kier alpha value is -1.88. The minimum atomic E-state index is -0.470. The lowest BCUT2D eigenvalue weighted by atomic mass is 9.86. The van der Waals surface area contributed by atoms with Crippen LogP contribution in [0.5, 0.6) is 0 Å². The monoisotopic (exact) mass is 304 g/mol. The van der Waals surface area contributed by atoms with E-state index < -0.39 is 6.61 Å². The molecule has 0 aliphatic carbocycles. The minimum Gasteiger partial charge on any atom is -0.387 e. The van der Waals surface area contributed by atoms with Crippen LogP contribution in [-0.4, -0.2) is 59.5 Å². The Bertz CT molecular complexity index is 538. The number of rotatable bonds is 2. The maximum atomic E-state index is 12.5. The largest absolute Gasteiger partial charge is 0.387 e. The molecule has 5 nitrogen and oxygen atoms in total. The van der Waals surface area contributed by atoms with Crippen LogP contribution in [0.2, 0.25) is 0 Å². The summed E-state index contributed by atoms with van der Waals surface area (Å²) in [5.74, 6) is -0.279. The molecule has 22 heavy (non-hydrogen) atoms. The average molecular weight is 304 g/mol. The molecule has 1 fully saturated rings. The molecule has 0 bridgehead atoms. The van der Waals surface area contributed by atoms with Gasteiger partial charge in [-0.3, -0.25) is 9.59 Å². The van der Waals surface area contributed by atoms with Crippen molar-refractivity contribution in [1.82, 2.24) is 9.80 Å². The smallest absolute Gasteiger partial charge is 0.253 e. The van der Waals surface area contributed by atoms with Gasteiger partial charge in [-0.1, -0.05) is 32.9 Å². The number of piperazine rings is 1. The van der Waals surface area contributed by atoms with Gasteiger partial charge in [0.05, 0.1) is 0 Å². The third kappa shape index (κ3) is 3.65. The molecule has 0 atom stereocenters. The number of amides is 2. The number of carbonyl (C=O) groups excluding carboxylic acids is 2. The summed E-state index contributed by atoms with van der Waals surface area (Å²) in [6.07, 6.45) is 0. The first-order chi connectivity index (χ1) is 10.3. The van der Waals surface area contributed by atoms with E-state index in [1.165, 1.54) is 5.56 Å². The molecule has 120 valence electrons. The van der Waals surface area contributed by atoms with Gasteiger partial charge in [0.15, 0.2) is 0 Å². The number of benzene rings is 1. The molecule has 0 saturated carbocycles. The minimum absolute atomic E-state index is 0.00319. The SMILES string of the molecule is CC(C)(C)c1ccc(C(=O)N2CCN(C(=O)CO)CC2)cc1. The first kappa shape index (κ1) is 16.5. The Morgan fingerprint density at radius 1 is 1.00 bits per heavy atom. The Labute approximate surface area is 131 Å². The molecule has 1 aromatic carbocycles. The highest BCUT2D eigenvalue weighted by molar-refractivity contribution is 5.94. The molecule has 0 aromatic heterocycles. The van der Waals surface area contributed by atoms with Crippen molar-refractivity contribution in [2.45, 2.75) is 26.2 Å². The van der Waals surface area contributed by atoms with E-state index in [1.54, 1.807) is 9.80 Å². The molecule has 0 radical (unpaired) electrons. The topological polar surface area (TPSA) is 60.9 Å². The predicted octanol–water partition coefficient (Wildman–Crippen LogP) is 1.26. The zero-order valence-corrected chi connectivity index (χ0v) is 13.5. The summed E-state index contributed by atoms with van der Waals surface area (Å²) in [7, 11) is 0. The van der Waals surface area contributed by atoms with Crippen molar-refractivity contribution in [2.24, 2.45) is 0 Å². The second-order valence-corrected chi connectivity index (χ2v) is 6.66. The van der Waals surface area contributed by atoms with Gasteiger partial charge in [0.1, 0.15) is 6.61 Å². The van der Waals surface area contributed by atoms with Gasteiger partial charge in [-0.05, 0) is 23.1 Å². The molecule has 1 N–H and O–H groups in total. The van der Waals surface area contributed by atoms with E-state index in [-0.39, 0.29) is 17.2 Å². The van der Waals surface area contributed by atoms with Crippen LogP contribution < -0.4 is 0 Å². The van der Waals surface area contributed by atoms with Crippen molar-refractivity contribution in [3.05, 3.63) is 35.4 Å². The highest BCUT2D eigenvalue weighted by Crippen LogP contribution is 2.22. The van der Waals surface area contributed by atoms with Gasteiger partial charge in [0.2, 0.25) is 5.91 Å². The Morgan fingerprint density at radius 3 is 1.95 bits per heavy atom. The van der Waals surface area contributed by atoms with Crippen LogP contribution in [0.3, 0.4) is 0 Å². The zero-order chi connectivity index (χ0) is 16.3. The average Bonchev–Trinajstić information content (AvgIpc) is 2.53. The van der Waals surface area contributed by atoms with Gasteiger partial charge in [0.25, 0.3) is 5.91 Å². The summed E-state index contributed by atoms with van der Waals surface area (Å²) in [6, 6.07) is 7.74. The van der Waals surface area contributed by atoms with Gasteiger partial charge >= 0.3 is 0 Å². The number of aliphatic hydroxyl groups excluding tert-OH is 1. The Morgan fingerprint density at radius 2 is 1.50 bits per heavy atom. The van der Waals surface area contributed by atoms with E-state index in [2.05, 4.69) is 20.8 Å². The molecule has 5 heteroatoms. The number of hydrogen-bond acceptors (Lipinski definition) is 3. The van der Waals surface area contributed by atoms with Crippen molar-refractivity contribution < 1.29 is 14.7 Å². The second-order valence-electron chi connectivity index (χ2n) is 6.66. The van der Waals surface area contributed by atoms with Gasteiger partial charge in [0, 0.05) is 31.7 Å². The number of hydrogen-bond donors (Lipinski definition) is 1. The molecule has 1 aromatic rings. The maximum Gasteiger partial charge on any atom is 0.253 e. The number of nitrogens with zero attached hydrogens (tertiary/aromatic N) is 2. The van der Waals surface area contributed by atoms with Crippen LogP contribution in [0.4, 0.5) is 0 Å². The Kier molecular flexibility index (Phi) is 4.86. The highest BCUT2D eigenvalue weighted by Gasteiger charge is 2.24. The maximum absolute atomic E-state index is 12.5. The molecular formula is C17H24N2O3. The lowest BCUT2D eigenvalue weighted by Gasteiger charge is -2.34. The van der Waals surface area contributed by atoms with Crippen molar-refractivity contribution in [2.75, 3.05) is 32.8 Å². The fourth-order valence-electron chi connectivity index (χ4n) is 2.55. The second kappa shape index (κ2) is 6.48. The molecule has 1 aliphatic rings. The first-order valence-corrected chi connectivity index (χ1v) is 7.61. The van der Waals surface area contributed by atoms with E-state index in [0.29, 0.717) is 31.7 Å². The van der Waals surface area contributed by atoms with Crippen LogP contribution in [0.25, 0.3) is 0 Å². The molecule has 2 rings (SSSR count). The third-order valence-electron chi connectivity index (χ3n) is 4.05. The van der Waals surface area contributed by atoms with E-state index in [0.717, 1.165) is 0 Å². The summed E-state index contributed by atoms with van der Waals surface area (Å²) in [6.45, 7) is 7.92. The zero-order valence-electron chi connectivity index (χ0n) is 13.5. The van der Waals surface area contributed by atoms with E-state index in [9.17, 15) is 9.59 Å². The van der Waals surface area contributed by atoms with E-state index in [4.69, 9.17) is 5.11 Å². The summed E-state index contributed by atoms with van der Waals surface area (Å²) < 4.78 is 0. The van der Waals surface area contributed by atoms with Gasteiger partial charge in [-0.2, -0.15) is 0 Å². The number of aliphatic hydroxyl groups is 1. The van der Waals surface area contributed by atoms with E-state index in [1.807, 2.05) is 24.3 Å². The Balaban J connectivity index is 2.00. The molecule has 1 aliphatic heterocycles. The van der Waals surface area contributed by atoms with Crippen LogP contribution in [0, 0.1) is 0 Å². The molecule has 0 spiro atoms. The van der Waals surface area contributed by atoms with Crippen LogP contribution in [0.1, 0.15) is 36.7 Å². The van der Waals surface area contributed by atoms with E-state index >= 15 is 0 Å². The lowest BCUT2D eigenvalue weighted by Crippen LogP contribution is -2.51. The molecule has 1 saturated heterocycles. The van der Waals surface area contributed by atoms with Gasteiger partial charge in [-0.25, -0.2) is 0 Å².